The first-order valence-corrected chi connectivity index (χ1v) is 6.71. The van der Waals surface area contributed by atoms with Crippen molar-refractivity contribution in [1.29, 1.82) is 0 Å². The van der Waals surface area contributed by atoms with E-state index in [2.05, 4.69) is 22.2 Å². The maximum Gasteiger partial charge on any atom is 0.165 e. The predicted octanol–water partition coefficient (Wildman–Crippen LogP) is 1.66. The van der Waals surface area contributed by atoms with Crippen LogP contribution in [0.5, 0.6) is 0 Å². The molecule has 0 radical (unpaired) electrons. The summed E-state index contributed by atoms with van der Waals surface area (Å²) in [5, 5.41) is 4.96. The molecular weight excluding hydrogens is 222 g/mol. The Balaban J connectivity index is 1.58. The Labute approximate surface area is 101 Å². The number of hydrogen-bond acceptors (Lipinski definition) is 4. The van der Waals surface area contributed by atoms with Gasteiger partial charge in [0, 0.05) is 37.3 Å². The van der Waals surface area contributed by atoms with Gasteiger partial charge in [-0.3, -0.25) is 0 Å². The molecule has 2 unspecified atom stereocenters. The molecule has 2 atom stereocenters. The SMILES string of the molecule is CC(CNCC1CCCO1)Sc1ncc[nH]1. The lowest BCUT2D eigenvalue weighted by Gasteiger charge is -2.13. The number of H-pyrrole nitrogens is 1. The van der Waals surface area contributed by atoms with Crippen molar-refractivity contribution in [3.8, 4) is 0 Å². The highest BCUT2D eigenvalue weighted by atomic mass is 32.2. The van der Waals surface area contributed by atoms with Gasteiger partial charge in [0.2, 0.25) is 0 Å². The smallest absolute Gasteiger partial charge is 0.165 e. The maximum absolute atomic E-state index is 5.55. The molecule has 1 aliphatic rings. The Morgan fingerprint density at radius 2 is 2.69 bits per heavy atom. The predicted molar refractivity (Wildman–Crippen MR) is 65.8 cm³/mol. The highest BCUT2D eigenvalue weighted by Crippen LogP contribution is 2.18. The van der Waals surface area contributed by atoms with E-state index in [0.29, 0.717) is 11.4 Å². The van der Waals surface area contributed by atoms with Crippen molar-refractivity contribution in [2.45, 2.75) is 36.3 Å². The third-order valence-electron chi connectivity index (χ3n) is 2.61. The third-order valence-corrected chi connectivity index (χ3v) is 3.63. The molecule has 16 heavy (non-hydrogen) atoms. The fourth-order valence-corrected chi connectivity index (χ4v) is 2.64. The molecule has 2 N–H and O–H groups in total. The summed E-state index contributed by atoms with van der Waals surface area (Å²) in [4.78, 5) is 7.30. The Kier molecular flexibility index (Phi) is 4.69. The quantitative estimate of drug-likeness (QED) is 0.744. The second-order valence-electron chi connectivity index (χ2n) is 4.12. The second-order valence-corrected chi connectivity index (χ2v) is 5.54. The molecule has 1 aromatic heterocycles. The summed E-state index contributed by atoms with van der Waals surface area (Å²) in [5.74, 6) is 0. The van der Waals surface area contributed by atoms with Crippen molar-refractivity contribution >= 4 is 11.8 Å². The zero-order valence-corrected chi connectivity index (χ0v) is 10.4. The minimum atomic E-state index is 0.431. The minimum absolute atomic E-state index is 0.431. The van der Waals surface area contributed by atoms with Crippen LogP contribution in [0.3, 0.4) is 0 Å². The van der Waals surface area contributed by atoms with Crippen LogP contribution in [0.2, 0.25) is 0 Å². The normalized spacial score (nSPS) is 22.4. The van der Waals surface area contributed by atoms with E-state index in [0.717, 1.165) is 24.9 Å². The molecule has 1 fully saturated rings. The van der Waals surface area contributed by atoms with Gasteiger partial charge >= 0.3 is 0 Å². The highest BCUT2D eigenvalue weighted by Gasteiger charge is 2.15. The second kappa shape index (κ2) is 6.27. The van der Waals surface area contributed by atoms with Gasteiger partial charge in [0.25, 0.3) is 0 Å². The van der Waals surface area contributed by atoms with Crippen LogP contribution in [0, 0.1) is 0 Å². The summed E-state index contributed by atoms with van der Waals surface area (Å²) < 4.78 is 5.55. The van der Waals surface area contributed by atoms with Crippen molar-refractivity contribution in [2.24, 2.45) is 0 Å². The number of thioether (sulfide) groups is 1. The standard InChI is InChI=1S/C11H19N3OS/c1-9(16-11-13-4-5-14-11)7-12-8-10-3-2-6-15-10/h4-5,9-10,12H,2-3,6-8H2,1H3,(H,13,14). The topological polar surface area (TPSA) is 49.9 Å². The third kappa shape index (κ3) is 3.81. The summed E-state index contributed by atoms with van der Waals surface area (Å²) >= 11 is 1.76. The Bertz CT molecular complexity index is 285. The van der Waals surface area contributed by atoms with E-state index in [1.165, 1.54) is 12.8 Å². The first-order chi connectivity index (χ1) is 7.84. The molecule has 0 saturated carbocycles. The largest absolute Gasteiger partial charge is 0.377 e. The zero-order chi connectivity index (χ0) is 11.2. The minimum Gasteiger partial charge on any atom is -0.377 e. The molecular formula is C11H19N3OS. The summed E-state index contributed by atoms with van der Waals surface area (Å²) in [6.07, 6.45) is 6.49. The Hall–Kier alpha value is -0.520. The molecule has 1 aromatic rings. The Morgan fingerprint density at radius 1 is 1.75 bits per heavy atom. The van der Waals surface area contributed by atoms with E-state index in [9.17, 15) is 0 Å². The van der Waals surface area contributed by atoms with E-state index in [1.807, 2.05) is 6.20 Å². The first kappa shape index (κ1) is 12.0. The fourth-order valence-electron chi connectivity index (χ4n) is 1.80. The molecule has 0 aromatic carbocycles. The van der Waals surface area contributed by atoms with Gasteiger partial charge in [-0.25, -0.2) is 4.98 Å². The van der Waals surface area contributed by atoms with Crippen molar-refractivity contribution in [3.63, 3.8) is 0 Å². The van der Waals surface area contributed by atoms with Gasteiger partial charge in [-0.1, -0.05) is 18.7 Å². The van der Waals surface area contributed by atoms with Gasteiger partial charge < -0.3 is 15.0 Å². The molecule has 90 valence electrons. The van der Waals surface area contributed by atoms with Crippen LogP contribution in [0.1, 0.15) is 19.8 Å². The lowest BCUT2D eigenvalue weighted by molar-refractivity contribution is 0.110. The lowest BCUT2D eigenvalue weighted by atomic mass is 10.2. The summed E-state index contributed by atoms with van der Waals surface area (Å²) in [6, 6.07) is 0. The Morgan fingerprint density at radius 3 is 3.38 bits per heavy atom. The van der Waals surface area contributed by atoms with Crippen molar-refractivity contribution < 1.29 is 4.74 Å². The number of ether oxygens (including phenoxy) is 1. The molecule has 1 saturated heterocycles. The van der Waals surface area contributed by atoms with Crippen LogP contribution in [0.25, 0.3) is 0 Å². The van der Waals surface area contributed by atoms with E-state index in [-0.39, 0.29) is 0 Å². The highest BCUT2D eigenvalue weighted by molar-refractivity contribution is 7.99. The van der Waals surface area contributed by atoms with Gasteiger partial charge in [0.1, 0.15) is 0 Å². The molecule has 0 amide bonds. The number of nitrogens with one attached hydrogen (secondary N) is 2. The molecule has 0 bridgehead atoms. The summed E-state index contributed by atoms with van der Waals surface area (Å²) in [7, 11) is 0. The molecule has 1 aliphatic heterocycles. The molecule has 2 rings (SSSR count). The van der Waals surface area contributed by atoms with Crippen molar-refractivity contribution in [1.82, 2.24) is 15.3 Å². The van der Waals surface area contributed by atoms with Gasteiger partial charge in [0.05, 0.1) is 6.10 Å². The maximum atomic E-state index is 5.55. The fraction of sp³-hybridized carbons (Fsp3) is 0.727. The number of imidazole rings is 1. The van der Waals surface area contributed by atoms with Gasteiger partial charge in [-0.2, -0.15) is 0 Å². The number of rotatable bonds is 6. The monoisotopic (exact) mass is 241 g/mol. The summed E-state index contributed by atoms with van der Waals surface area (Å²) in [6.45, 7) is 5.10. The van der Waals surface area contributed by atoms with Crippen molar-refractivity contribution in [2.75, 3.05) is 19.7 Å². The molecule has 5 heteroatoms. The molecule has 4 nitrogen and oxygen atoms in total. The van der Waals surface area contributed by atoms with E-state index < -0.39 is 0 Å². The zero-order valence-electron chi connectivity index (χ0n) is 9.61. The summed E-state index contributed by atoms with van der Waals surface area (Å²) in [5.41, 5.74) is 0. The average molecular weight is 241 g/mol. The van der Waals surface area contributed by atoms with E-state index in [1.54, 1.807) is 18.0 Å². The van der Waals surface area contributed by atoms with Crippen LogP contribution in [-0.2, 0) is 4.74 Å². The molecule has 2 heterocycles. The molecule has 0 aliphatic carbocycles. The van der Waals surface area contributed by atoms with Gasteiger partial charge in [0.15, 0.2) is 5.16 Å². The van der Waals surface area contributed by atoms with Gasteiger partial charge in [-0.15, -0.1) is 0 Å². The van der Waals surface area contributed by atoms with Crippen LogP contribution in [0.15, 0.2) is 17.6 Å². The van der Waals surface area contributed by atoms with E-state index in [4.69, 9.17) is 4.74 Å². The first-order valence-electron chi connectivity index (χ1n) is 5.83. The number of aromatic amines is 1. The lowest BCUT2D eigenvalue weighted by Crippen LogP contribution is -2.30. The van der Waals surface area contributed by atoms with Crippen LogP contribution < -0.4 is 5.32 Å². The van der Waals surface area contributed by atoms with Crippen LogP contribution in [0.4, 0.5) is 0 Å². The van der Waals surface area contributed by atoms with Crippen LogP contribution >= 0.6 is 11.8 Å². The average Bonchev–Trinajstić information content (AvgIpc) is 2.90. The number of hydrogen-bond donors (Lipinski definition) is 2. The van der Waals surface area contributed by atoms with Crippen LogP contribution in [-0.4, -0.2) is 41.0 Å². The van der Waals surface area contributed by atoms with Gasteiger partial charge in [-0.05, 0) is 12.8 Å². The number of aromatic nitrogens is 2. The van der Waals surface area contributed by atoms with Crippen molar-refractivity contribution in [3.05, 3.63) is 12.4 Å². The van der Waals surface area contributed by atoms with E-state index >= 15 is 0 Å². The molecule has 0 spiro atoms. The number of nitrogens with zero attached hydrogens (tertiary/aromatic N) is 1.